The van der Waals surface area contributed by atoms with Gasteiger partial charge in [-0.2, -0.15) is 0 Å². The van der Waals surface area contributed by atoms with E-state index in [0.717, 1.165) is 18.2 Å². The third-order valence-corrected chi connectivity index (χ3v) is 4.54. The minimum atomic E-state index is -3.76. The van der Waals surface area contributed by atoms with E-state index in [1.165, 1.54) is 7.05 Å². The van der Waals surface area contributed by atoms with Crippen molar-refractivity contribution in [1.82, 2.24) is 10.0 Å². The number of nitrogens with one attached hydrogen (secondary N) is 2. The zero-order valence-electron chi connectivity index (χ0n) is 9.54. The first-order valence-electron chi connectivity index (χ1n) is 5.02. The van der Waals surface area contributed by atoms with Crippen LogP contribution in [0.1, 0.15) is 6.42 Å². The lowest BCUT2D eigenvalue weighted by Gasteiger charge is -2.08. The first-order chi connectivity index (χ1) is 8.36. The van der Waals surface area contributed by atoms with Gasteiger partial charge in [0.1, 0.15) is 5.82 Å². The largest absolute Gasteiger partial charge is 0.359 e. The molecule has 0 heterocycles. The first kappa shape index (κ1) is 15.1. The maximum atomic E-state index is 12.8. The van der Waals surface area contributed by atoms with Gasteiger partial charge in [-0.15, -0.1) is 0 Å². The summed E-state index contributed by atoms with van der Waals surface area (Å²) in [6.45, 7) is -0.0220. The molecule has 0 atom stereocenters. The van der Waals surface area contributed by atoms with Gasteiger partial charge in [-0.25, -0.2) is 17.5 Å². The van der Waals surface area contributed by atoms with E-state index in [-0.39, 0.29) is 28.2 Å². The Labute approximate surface area is 113 Å². The number of rotatable bonds is 5. The first-order valence-corrected chi connectivity index (χ1v) is 7.29. The summed E-state index contributed by atoms with van der Waals surface area (Å²) in [5, 5.41) is 2.38. The van der Waals surface area contributed by atoms with Gasteiger partial charge in [-0.05, 0) is 34.1 Å². The quantitative estimate of drug-likeness (QED) is 0.841. The molecule has 0 aromatic heterocycles. The van der Waals surface area contributed by atoms with Crippen LogP contribution in [0.3, 0.4) is 0 Å². The fourth-order valence-corrected chi connectivity index (χ4v) is 3.27. The topological polar surface area (TPSA) is 75.3 Å². The standard InChI is InChI=1S/C10H12BrFN2O3S/c1-13-10(15)4-5-14-18(16,17)9-3-2-7(12)6-8(9)11/h2-3,6,14H,4-5H2,1H3,(H,13,15). The van der Waals surface area contributed by atoms with Crippen molar-refractivity contribution in [2.45, 2.75) is 11.3 Å². The summed E-state index contributed by atoms with van der Waals surface area (Å²) in [4.78, 5) is 10.9. The molecule has 1 aromatic carbocycles. The van der Waals surface area contributed by atoms with Crippen molar-refractivity contribution in [1.29, 1.82) is 0 Å². The second-order valence-electron chi connectivity index (χ2n) is 3.40. The van der Waals surface area contributed by atoms with Gasteiger partial charge in [0.05, 0.1) is 4.90 Å². The van der Waals surface area contributed by atoms with E-state index in [2.05, 4.69) is 26.0 Å². The lowest BCUT2D eigenvalue weighted by atomic mass is 10.3. The lowest BCUT2D eigenvalue weighted by Crippen LogP contribution is -2.29. The summed E-state index contributed by atoms with van der Waals surface area (Å²) < 4.78 is 38.9. The van der Waals surface area contributed by atoms with Crippen LogP contribution in [-0.2, 0) is 14.8 Å². The van der Waals surface area contributed by atoms with Gasteiger partial charge in [0.15, 0.2) is 0 Å². The molecule has 0 fully saturated rings. The summed E-state index contributed by atoms with van der Waals surface area (Å²) in [6, 6.07) is 3.27. The number of hydrogen-bond acceptors (Lipinski definition) is 3. The predicted octanol–water partition coefficient (Wildman–Crippen LogP) is 1.00. The molecule has 0 aliphatic carbocycles. The molecule has 0 saturated carbocycles. The van der Waals surface area contributed by atoms with Crippen molar-refractivity contribution < 1.29 is 17.6 Å². The van der Waals surface area contributed by atoms with Crippen LogP contribution in [0.4, 0.5) is 4.39 Å². The average Bonchev–Trinajstić information content (AvgIpc) is 2.27. The number of hydrogen-bond donors (Lipinski definition) is 2. The maximum absolute atomic E-state index is 12.8. The number of benzene rings is 1. The van der Waals surface area contributed by atoms with Crippen LogP contribution < -0.4 is 10.0 Å². The van der Waals surface area contributed by atoms with Crippen molar-refractivity contribution in [3.63, 3.8) is 0 Å². The molecule has 18 heavy (non-hydrogen) atoms. The van der Waals surface area contributed by atoms with E-state index in [1.54, 1.807) is 0 Å². The monoisotopic (exact) mass is 338 g/mol. The highest BCUT2D eigenvalue weighted by Gasteiger charge is 2.17. The number of sulfonamides is 1. The molecule has 0 radical (unpaired) electrons. The molecular formula is C10H12BrFN2O3S. The highest BCUT2D eigenvalue weighted by atomic mass is 79.9. The summed E-state index contributed by atoms with van der Waals surface area (Å²) in [7, 11) is -2.29. The third-order valence-electron chi connectivity index (χ3n) is 2.11. The number of carbonyl (C=O) groups excluding carboxylic acids is 1. The van der Waals surface area contributed by atoms with Crippen LogP contribution >= 0.6 is 15.9 Å². The van der Waals surface area contributed by atoms with Gasteiger partial charge in [0.2, 0.25) is 15.9 Å². The van der Waals surface area contributed by atoms with Crippen LogP contribution in [-0.4, -0.2) is 27.9 Å². The van der Waals surface area contributed by atoms with E-state index in [0.29, 0.717) is 0 Å². The Bertz CT molecular complexity index is 548. The van der Waals surface area contributed by atoms with Gasteiger partial charge >= 0.3 is 0 Å². The highest BCUT2D eigenvalue weighted by molar-refractivity contribution is 9.10. The Morgan fingerprint density at radius 1 is 1.44 bits per heavy atom. The minimum absolute atomic E-state index is 0.0220. The van der Waals surface area contributed by atoms with Gasteiger partial charge in [0, 0.05) is 24.5 Å². The molecule has 0 spiro atoms. The Balaban J connectivity index is 2.77. The summed E-state index contributed by atoms with van der Waals surface area (Å²) in [5.74, 6) is -0.804. The molecule has 5 nitrogen and oxygen atoms in total. The molecule has 100 valence electrons. The van der Waals surface area contributed by atoms with Crippen molar-refractivity contribution in [2.75, 3.05) is 13.6 Å². The lowest BCUT2D eigenvalue weighted by molar-refractivity contribution is -0.120. The molecular weight excluding hydrogens is 327 g/mol. The van der Waals surface area contributed by atoms with Crippen molar-refractivity contribution in [2.24, 2.45) is 0 Å². The van der Waals surface area contributed by atoms with Crippen LogP contribution in [0.5, 0.6) is 0 Å². The number of carbonyl (C=O) groups is 1. The zero-order valence-corrected chi connectivity index (χ0v) is 11.9. The van der Waals surface area contributed by atoms with Crippen molar-refractivity contribution in [3.05, 3.63) is 28.5 Å². The van der Waals surface area contributed by atoms with E-state index < -0.39 is 15.8 Å². The summed E-state index contributed by atoms with van der Waals surface area (Å²) in [5.41, 5.74) is 0. The number of amides is 1. The average molecular weight is 339 g/mol. The highest BCUT2D eigenvalue weighted by Crippen LogP contribution is 2.22. The smallest absolute Gasteiger partial charge is 0.241 e. The van der Waals surface area contributed by atoms with E-state index in [4.69, 9.17) is 0 Å². The summed E-state index contributed by atoms with van der Waals surface area (Å²) in [6.07, 6.45) is 0.0363. The van der Waals surface area contributed by atoms with Crippen LogP contribution in [0, 0.1) is 5.82 Å². The van der Waals surface area contributed by atoms with Gasteiger partial charge in [-0.3, -0.25) is 4.79 Å². The van der Waals surface area contributed by atoms with E-state index in [1.807, 2.05) is 0 Å². The van der Waals surface area contributed by atoms with Crippen LogP contribution in [0.15, 0.2) is 27.6 Å². The molecule has 8 heteroatoms. The molecule has 1 aromatic rings. The van der Waals surface area contributed by atoms with Crippen LogP contribution in [0.2, 0.25) is 0 Å². The molecule has 0 bridgehead atoms. The fraction of sp³-hybridized carbons (Fsp3) is 0.300. The Morgan fingerprint density at radius 3 is 2.67 bits per heavy atom. The summed E-state index contributed by atoms with van der Waals surface area (Å²) >= 11 is 2.98. The van der Waals surface area contributed by atoms with Crippen molar-refractivity contribution in [3.8, 4) is 0 Å². The minimum Gasteiger partial charge on any atom is -0.359 e. The second kappa shape index (κ2) is 6.26. The van der Waals surface area contributed by atoms with Gasteiger partial charge in [-0.1, -0.05) is 0 Å². The Hall–Kier alpha value is -0.990. The zero-order chi connectivity index (χ0) is 13.8. The van der Waals surface area contributed by atoms with Crippen LogP contribution in [0.25, 0.3) is 0 Å². The molecule has 0 aliphatic rings. The molecule has 1 rings (SSSR count). The molecule has 1 amide bonds. The SMILES string of the molecule is CNC(=O)CCNS(=O)(=O)c1ccc(F)cc1Br. The van der Waals surface area contributed by atoms with Gasteiger partial charge < -0.3 is 5.32 Å². The Kier molecular flexibility index (Phi) is 5.24. The maximum Gasteiger partial charge on any atom is 0.241 e. The predicted molar refractivity (Wildman–Crippen MR) is 68.0 cm³/mol. The Morgan fingerprint density at radius 2 is 2.11 bits per heavy atom. The fourth-order valence-electron chi connectivity index (χ4n) is 1.19. The molecule has 0 unspecified atom stereocenters. The van der Waals surface area contributed by atoms with E-state index >= 15 is 0 Å². The van der Waals surface area contributed by atoms with E-state index in [9.17, 15) is 17.6 Å². The third kappa shape index (κ3) is 4.04. The second-order valence-corrected chi connectivity index (χ2v) is 5.99. The van der Waals surface area contributed by atoms with Gasteiger partial charge in [0.25, 0.3) is 0 Å². The number of halogens is 2. The molecule has 0 aliphatic heterocycles. The normalized spacial score (nSPS) is 11.3. The molecule has 2 N–H and O–H groups in total. The van der Waals surface area contributed by atoms with Crippen molar-refractivity contribution >= 4 is 31.9 Å². The molecule has 0 saturated heterocycles.